The van der Waals surface area contributed by atoms with E-state index in [9.17, 15) is 4.79 Å². The van der Waals surface area contributed by atoms with Crippen LogP contribution in [-0.4, -0.2) is 22.7 Å². The molecule has 4 rings (SSSR count). The van der Waals surface area contributed by atoms with Crippen molar-refractivity contribution in [1.82, 2.24) is 9.55 Å². The van der Waals surface area contributed by atoms with E-state index in [2.05, 4.69) is 20.2 Å². The number of aryl methyl sites for hydroxylation is 1. The fourth-order valence-corrected chi connectivity index (χ4v) is 3.21. The van der Waals surface area contributed by atoms with Gasteiger partial charge >= 0.3 is 6.03 Å². The number of aromatic nitrogens is 2. The molecule has 0 radical (unpaired) electrons. The smallest absolute Gasteiger partial charge is 0.323 e. The highest BCUT2D eigenvalue weighted by atomic mass is 16.5. The van der Waals surface area contributed by atoms with Crippen molar-refractivity contribution in [3.05, 3.63) is 60.6 Å². The van der Waals surface area contributed by atoms with E-state index in [1.165, 1.54) is 0 Å². The molecule has 26 heavy (non-hydrogen) atoms. The highest BCUT2D eigenvalue weighted by Gasteiger charge is 2.16. The zero-order valence-electron chi connectivity index (χ0n) is 14.5. The quantitative estimate of drug-likeness (QED) is 0.744. The van der Waals surface area contributed by atoms with Crippen LogP contribution in [0, 0.1) is 0 Å². The van der Waals surface area contributed by atoms with E-state index in [-0.39, 0.29) is 6.03 Å². The number of amides is 2. The first-order chi connectivity index (χ1) is 12.7. The van der Waals surface area contributed by atoms with E-state index in [0.29, 0.717) is 11.4 Å². The Bertz CT molecular complexity index is 931. The summed E-state index contributed by atoms with van der Waals surface area (Å²) in [6.07, 6.45) is 4.12. The molecule has 2 heterocycles. The van der Waals surface area contributed by atoms with E-state index in [1.54, 1.807) is 13.2 Å². The topological polar surface area (TPSA) is 68.2 Å². The van der Waals surface area contributed by atoms with Gasteiger partial charge in [-0.25, -0.2) is 9.78 Å². The van der Waals surface area contributed by atoms with Crippen LogP contribution in [0.4, 0.5) is 16.2 Å². The number of ether oxygens (including phenoxy) is 1. The third-order valence-electron chi connectivity index (χ3n) is 4.49. The third-order valence-corrected chi connectivity index (χ3v) is 4.49. The molecular weight excluding hydrogens is 328 g/mol. The van der Waals surface area contributed by atoms with Crippen molar-refractivity contribution < 1.29 is 9.53 Å². The number of urea groups is 1. The standard InChI is InChI=1S/C20H20N4O2/c1-26-17-5-2-4-16(12-17)23-20(25)22-15-9-7-14(8-10-15)18-13-21-19-6-3-11-24(18)19/h2,4-5,7-10,12-13H,3,6,11H2,1H3,(H2,22,23,25). The Hall–Kier alpha value is -3.28. The Balaban J connectivity index is 1.43. The monoisotopic (exact) mass is 348 g/mol. The number of imidazole rings is 1. The van der Waals surface area contributed by atoms with Gasteiger partial charge in [-0.2, -0.15) is 0 Å². The first-order valence-electron chi connectivity index (χ1n) is 8.60. The van der Waals surface area contributed by atoms with Gasteiger partial charge in [-0.05, 0) is 36.2 Å². The van der Waals surface area contributed by atoms with Crippen LogP contribution in [0.1, 0.15) is 12.2 Å². The second-order valence-corrected chi connectivity index (χ2v) is 6.20. The van der Waals surface area contributed by atoms with Crippen molar-refractivity contribution in [2.24, 2.45) is 0 Å². The molecule has 2 amide bonds. The van der Waals surface area contributed by atoms with E-state index < -0.39 is 0 Å². The second kappa shape index (κ2) is 6.92. The average molecular weight is 348 g/mol. The SMILES string of the molecule is COc1cccc(NC(=O)Nc2ccc(-c3cnc4n3CCC4)cc2)c1. The Morgan fingerprint density at radius 1 is 1.12 bits per heavy atom. The number of benzene rings is 2. The van der Waals surface area contributed by atoms with E-state index in [0.717, 1.165) is 42.2 Å². The molecule has 132 valence electrons. The van der Waals surface area contributed by atoms with Crippen LogP contribution in [-0.2, 0) is 13.0 Å². The van der Waals surface area contributed by atoms with Crippen molar-refractivity contribution in [1.29, 1.82) is 0 Å². The summed E-state index contributed by atoms with van der Waals surface area (Å²) in [4.78, 5) is 16.6. The number of rotatable bonds is 4. The Morgan fingerprint density at radius 3 is 2.73 bits per heavy atom. The average Bonchev–Trinajstić information content (AvgIpc) is 3.26. The van der Waals surface area contributed by atoms with Gasteiger partial charge < -0.3 is 19.9 Å². The number of nitrogens with one attached hydrogen (secondary N) is 2. The molecular formula is C20H20N4O2. The van der Waals surface area contributed by atoms with Crippen LogP contribution in [0.15, 0.2) is 54.7 Å². The largest absolute Gasteiger partial charge is 0.497 e. The lowest BCUT2D eigenvalue weighted by Crippen LogP contribution is -2.19. The summed E-state index contributed by atoms with van der Waals surface area (Å²) < 4.78 is 7.42. The summed E-state index contributed by atoms with van der Waals surface area (Å²) in [5.74, 6) is 1.85. The molecule has 0 saturated heterocycles. The normalized spacial score (nSPS) is 12.5. The van der Waals surface area contributed by atoms with Gasteiger partial charge in [0.15, 0.2) is 0 Å². The summed E-state index contributed by atoms with van der Waals surface area (Å²) in [7, 11) is 1.59. The van der Waals surface area contributed by atoms with Crippen LogP contribution < -0.4 is 15.4 Å². The molecule has 1 aliphatic heterocycles. The van der Waals surface area contributed by atoms with Crippen molar-refractivity contribution in [2.75, 3.05) is 17.7 Å². The summed E-state index contributed by atoms with van der Waals surface area (Å²) in [5.41, 5.74) is 3.64. The van der Waals surface area contributed by atoms with Crippen LogP contribution >= 0.6 is 0 Å². The zero-order chi connectivity index (χ0) is 17.9. The molecule has 1 aliphatic rings. The summed E-state index contributed by atoms with van der Waals surface area (Å²) >= 11 is 0. The molecule has 0 unspecified atom stereocenters. The highest BCUT2D eigenvalue weighted by molar-refractivity contribution is 5.99. The van der Waals surface area contributed by atoms with Gasteiger partial charge in [0.2, 0.25) is 0 Å². The van der Waals surface area contributed by atoms with Gasteiger partial charge in [0.1, 0.15) is 11.6 Å². The number of methoxy groups -OCH3 is 1. The minimum Gasteiger partial charge on any atom is -0.497 e. The summed E-state index contributed by atoms with van der Waals surface area (Å²) in [6, 6.07) is 14.7. The lowest BCUT2D eigenvalue weighted by atomic mass is 10.1. The molecule has 0 spiro atoms. The number of carbonyl (C=O) groups excluding carboxylic acids is 1. The molecule has 1 aromatic heterocycles. The molecule has 6 nitrogen and oxygen atoms in total. The van der Waals surface area contributed by atoms with Crippen LogP contribution in [0.3, 0.4) is 0 Å². The molecule has 0 aliphatic carbocycles. The van der Waals surface area contributed by atoms with Gasteiger partial charge in [-0.3, -0.25) is 0 Å². The van der Waals surface area contributed by atoms with Crippen molar-refractivity contribution in [3.63, 3.8) is 0 Å². The molecule has 3 aromatic rings. The van der Waals surface area contributed by atoms with Gasteiger partial charge in [0, 0.05) is 30.4 Å². The molecule has 6 heteroatoms. The minimum atomic E-state index is -0.295. The zero-order valence-corrected chi connectivity index (χ0v) is 14.5. The van der Waals surface area contributed by atoms with Gasteiger partial charge in [0.05, 0.1) is 19.0 Å². The van der Waals surface area contributed by atoms with Crippen molar-refractivity contribution >= 4 is 17.4 Å². The minimum absolute atomic E-state index is 0.295. The van der Waals surface area contributed by atoms with Crippen LogP contribution in [0.2, 0.25) is 0 Å². The number of fused-ring (bicyclic) bond motifs is 1. The van der Waals surface area contributed by atoms with Crippen LogP contribution in [0.5, 0.6) is 5.75 Å². The van der Waals surface area contributed by atoms with Crippen molar-refractivity contribution in [2.45, 2.75) is 19.4 Å². The Morgan fingerprint density at radius 2 is 1.92 bits per heavy atom. The number of carbonyl (C=O) groups is 1. The fourth-order valence-electron chi connectivity index (χ4n) is 3.21. The van der Waals surface area contributed by atoms with Gasteiger partial charge in [0.25, 0.3) is 0 Å². The molecule has 0 bridgehead atoms. The number of hydrogen-bond donors (Lipinski definition) is 2. The Labute approximate surface area is 151 Å². The van der Waals surface area contributed by atoms with E-state index >= 15 is 0 Å². The fraction of sp³-hybridized carbons (Fsp3) is 0.200. The Kier molecular flexibility index (Phi) is 4.31. The predicted molar refractivity (Wildman–Crippen MR) is 102 cm³/mol. The lowest BCUT2D eigenvalue weighted by molar-refractivity contribution is 0.262. The van der Waals surface area contributed by atoms with Gasteiger partial charge in [-0.1, -0.05) is 18.2 Å². The summed E-state index contributed by atoms with van der Waals surface area (Å²) in [5, 5.41) is 5.64. The highest BCUT2D eigenvalue weighted by Crippen LogP contribution is 2.26. The molecule has 0 atom stereocenters. The first kappa shape index (κ1) is 16.2. The van der Waals surface area contributed by atoms with Crippen LogP contribution in [0.25, 0.3) is 11.3 Å². The molecule has 2 N–H and O–H groups in total. The molecule has 0 fully saturated rings. The van der Waals surface area contributed by atoms with Crippen molar-refractivity contribution in [3.8, 4) is 17.0 Å². The summed E-state index contributed by atoms with van der Waals surface area (Å²) in [6.45, 7) is 1.02. The predicted octanol–water partition coefficient (Wildman–Crippen LogP) is 4.15. The third kappa shape index (κ3) is 3.26. The maximum atomic E-state index is 12.2. The molecule has 0 saturated carbocycles. The van der Waals surface area contributed by atoms with E-state index in [4.69, 9.17) is 4.74 Å². The second-order valence-electron chi connectivity index (χ2n) is 6.20. The number of hydrogen-bond acceptors (Lipinski definition) is 3. The maximum absolute atomic E-state index is 12.2. The number of nitrogens with zero attached hydrogens (tertiary/aromatic N) is 2. The van der Waals surface area contributed by atoms with Gasteiger partial charge in [-0.15, -0.1) is 0 Å². The van der Waals surface area contributed by atoms with E-state index in [1.807, 2.05) is 48.7 Å². The molecule has 2 aromatic carbocycles. The maximum Gasteiger partial charge on any atom is 0.323 e. The number of anilines is 2. The first-order valence-corrected chi connectivity index (χ1v) is 8.60. The lowest BCUT2D eigenvalue weighted by Gasteiger charge is -2.10.